The van der Waals surface area contributed by atoms with Crippen LogP contribution in [0.15, 0.2) is 11.6 Å². The number of nitrogens with zero attached hydrogens (tertiary/aromatic N) is 2. The van der Waals surface area contributed by atoms with Crippen LogP contribution < -0.4 is 5.32 Å². The van der Waals surface area contributed by atoms with Crippen molar-refractivity contribution in [3.8, 4) is 0 Å². The second kappa shape index (κ2) is 6.58. The van der Waals surface area contributed by atoms with E-state index in [9.17, 15) is 0 Å². The molecule has 1 rings (SSSR count). The van der Waals surface area contributed by atoms with E-state index in [4.69, 9.17) is 11.6 Å². The molecule has 108 valence electrons. The van der Waals surface area contributed by atoms with Gasteiger partial charge in [-0.05, 0) is 47.6 Å². The lowest BCUT2D eigenvalue weighted by atomic mass is 10.1. The molecule has 0 bridgehead atoms. The van der Waals surface area contributed by atoms with Gasteiger partial charge in [0.25, 0.3) is 0 Å². The first kappa shape index (κ1) is 16.3. The molecule has 1 N–H and O–H groups in total. The van der Waals surface area contributed by atoms with E-state index < -0.39 is 0 Å². The van der Waals surface area contributed by atoms with Gasteiger partial charge in [-0.3, -0.25) is 4.68 Å². The number of rotatable bonds is 5. The van der Waals surface area contributed by atoms with E-state index in [-0.39, 0.29) is 5.54 Å². The first-order valence-corrected chi connectivity index (χ1v) is 7.17. The van der Waals surface area contributed by atoms with Gasteiger partial charge in [0.2, 0.25) is 0 Å². The van der Waals surface area contributed by atoms with Crippen molar-refractivity contribution in [2.75, 3.05) is 6.54 Å². The van der Waals surface area contributed by atoms with E-state index in [1.807, 2.05) is 18.7 Å². The van der Waals surface area contributed by atoms with Gasteiger partial charge in [0.1, 0.15) is 0 Å². The van der Waals surface area contributed by atoms with Crippen molar-refractivity contribution in [2.24, 2.45) is 7.05 Å². The molecular weight excluding hydrogens is 258 g/mol. The zero-order chi connectivity index (χ0) is 14.6. The second-order valence-corrected chi connectivity index (χ2v) is 6.54. The third-order valence-corrected chi connectivity index (χ3v) is 3.49. The largest absolute Gasteiger partial charge is 0.312 e. The average molecular weight is 284 g/mol. The summed E-state index contributed by atoms with van der Waals surface area (Å²) < 4.78 is 1.88. The molecule has 4 heteroatoms. The van der Waals surface area contributed by atoms with Crippen LogP contribution in [0.3, 0.4) is 0 Å². The molecule has 0 fully saturated rings. The second-order valence-electron chi connectivity index (χ2n) is 6.16. The summed E-state index contributed by atoms with van der Waals surface area (Å²) in [7, 11) is 1.95. The molecule has 0 spiro atoms. The van der Waals surface area contributed by atoms with Crippen molar-refractivity contribution in [1.29, 1.82) is 0 Å². The van der Waals surface area contributed by atoms with Crippen molar-refractivity contribution in [3.05, 3.63) is 28.1 Å². The minimum atomic E-state index is 0.185. The van der Waals surface area contributed by atoms with Crippen LogP contribution in [-0.4, -0.2) is 21.9 Å². The lowest BCUT2D eigenvalue weighted by Gasteiger charge is -2.19. The number of nitrogens with one attached hydrogen (secondary N) is 1. The zero-order valence-corrected chi connectivity index (χ0v) is 13.7. The molecular formula is C15H26ClN3. The summed E-state index contributed by atoms with van der Waals surface area (Å²) in [5.74, 6) is 0. The van der Waals surface area contributed by atoms with Gasteiger partial charge >= 0.3 is 0 Å². The Morgan fingerprint density at radius 3 is 2.53 bits per heavy atom. The number of halogens is 1. The summed E-state index contributed by atoms with van der Waals surface area (Å²) in [6.07, 6.45) is 4.18. The van der Waals surface area contributed by atoms with Crippen LogP contribution in [0, 0.1) is 6.92 Å². The molecule has 0 radical (unpaired) electrons. The van der Waals surface area contributed by atoms with Gasteiger partial charge in [-0.1, -0.05) is 23.3 Å². The van der Waals surface area contributed by atoms with Gasteiger partial charge in [0.15, 0.2) is 0 Å². The summed E-state index contributed by atoms with van der Waals surface area (Å²) in [6.45, 7) is 11.6. The molecule has 0 amide bonds. The summed E-state index contributed by atoms with van der Waals surface area (Å²) in [6, 6.07) is 0. The molecule has 0 saturated carbocycles. The molecule has 19 heavy (non-hydrogen) atoms. The molecule has 1 aromatic rings. The summed E-state index contributed by atoms with van der Waals surface area (Å²) >= 11 is 6.26. The fraction of sp³-hybridized carbons (Fsp3) is 0.667. The van der Waals surface area contributed by atoms with Gasteiger partial charge in [-0.15, -0.1) is 0 Å². The van der Waals surface area contributed by atoms with Crippen LogP contribution in [0.2, 0.25) is 5.02 Å². The predicted octanol–water partition coefficient (Wildman–Crippen LogP) is 3.65. The normalized spacial score (nSPS) is 13.1. The maximum absolute atomic E-state index is 6.26. The highest BCUT2D eigenvalue weighted by Crippen LogP contribution is 2.22. The summed E-state index contributed by atoms with van der Waals surface area (Å²) in [5.41, 5.74) is 3.52. The average Bonchev–Trinajstić information content (AvgIpc) is 2.50. The maximum atomic E-state index is 6.26. The minimum absolute atomic E-state index is 0.185. The molecule has 0 aliphatic rings. The Morgan fingerprint density at radius 1 is 1.42 bits per heavy atom. The van der Waals surface area contributed by atoms with Crippen LogP contribution in [0.5, 0.6) is 0 Å². The fourth-order valence-electron chi connectivity index (χ4n) is 1.97. The minimum Gasteiger partial charge on any atom is -0.312 e. The third kappa shape index (κ3) is 5.37. The third-order valence-electron chi connectivity index (χ3n) is 3.00. The number of hydrogen-bond acceptors (Lipinski definition) is 2. The van der Waals surface area contributed by atoms with Gasteiger partial charge < -0.3 is 5.32 Å². The Labute approximate surface area is 122 Å². The Morgan fingerprint density at radius 2 is 2.05 bits per heavy atom. The van der Waals surface area contributed by atoms with Gasteiger partial charge in [0.05, 0.1) is 16.4 Å². The van der Waals surface area contributed by atoms with Crippen LogP contribution in [0.4, 0.5) is 0 Å². The standard InChI is InChI=1S/C15H26ClN3/c1-11(8-7-9-17-15(3,4)5)10-13-14(16)12(2)18-19(13)6/h8,17H,7,9-10H2,1-6H3. The smallest absolute Gasteiger partial charge is 0.0850 e. The van der Waals surface area contributed by atoms with E-state index in [1.165, 1.54) is 5.57 Å². The highest BCUT2D eigenvalue weighted by Gasteiger charge is 2.11. The maximum Gasteiger partial charge on any atom is 0.0850 e. The Hall–Kier alpha value is -0.800. The van der Waals surface area contributed by atoms with Crippen molar-refractivity contribution in [3.63, 3.8) is 0 Å². The van der Waals surface area contributed by atoms with Gasteiger partial charge in [0, 0.05) is 19.0 Å². The molecule has 1 aromatic heterocycles. The first-order chi connectivity index (χ1) is 8.70. The monoisotopic (exact) mass is 283 g/mol. The Balaban J connectivity index is 2.52. The number of aromatic nitrogens is 2. The van der Waals surface area contributed by atoms with E-state index in [2.05, 4.69) is 44.2 Å². The SMILES string of the molecule is CC(=CCCNC(C)(C)C)Cc1c(Cl)c(C)nn1C. The first-order valence-electron chi connectivity index (χ1n) is 6.79. The molecule has 3 nitrogen and oxygen atoms in total. The number of allylic oxidation sites excluding steroid dienone is 1. The highest BCUT2D eigenvalue weighted by molar-refractivity contribution is 6.31. The highest BCUT2D eigenvalue weighted by atomic mass is 35.5. The molecule has 0 aliphatic carbocycles. The summed E-state index contributed by atoms with van der Waals surface area (Å²) in [5, 5.41) is 8.61. The van der Waals surface area contributed by atoms with E-state index in [0.29, 0.717) is 0 Å². The van der Waals surface area contributed by atoms with Crippen LogP contribution >= 0.6 is 11.6 Å². The lowest BCUT2D eigenvalue weighted by Crippen LogP contribution is -2.36. The fourth-order valence-corrected chi connectivity index (χ4v) is 2.20. The lowest BCUT2D eigenvalue weighted by molar-refractivity contribution is 0.431. The predicted molar refractivity (Wildman–Crippen MR) is 82.8 cm³/mol. The van der Waals surface area contributed by atoms with E-state index in [1.54, 1.807) is 0 Å². The molecule has 0 unspecified atom stereocenters. The topological polar surface area (TPSA) is 29.9 Å². The van der Waals surface area contributed by atoms with Crippen molar-refractivity contribution >= 4 is 11.6 Å². The van der Waals surface area contributed by atoms with Crippen LogP contribution in [-0.2, 0) is 13.5 Å². The Kier molecular flexibility index (Phi) is 5.63. The number of aryl methyl sites for hydroxylation is 2. The molecule has 1 heterocycles. The van der Waals surface area contributed by atoms with Crippen LogP contribution in [0.1, 0.15) is 45.5 Å². The van der Waals surface area contributed by atoms with Gasteiger partial charge in [-0.25, -0.2) is 0 Å². The molecule has 0 aromatic carbocycles. The van der Waals surface area contributed by atoms with E-state index >= 15 is 0 Å². The quantitative estimate of drug-likeness (QED) is 0.660. The van der Waals surface area contributed by atoms with Crippen molar-refractivity contribution < 1.29 is 0 Å². The molecule has 0 aliphatic heterocycles. The Bertz CT molecular complexity index is 453. The summed E-state index contributed by atoms with van der Waals surface area (Å²) in [4.78, 5) is 0. The van der Waals surface area contributed by atoms with Crippen molar-refractivity contribution in [2.45, 2.75) is 53.0 Å². The number of hydrogen-bond donors (Lipinski definition) is 1. The zero-order valence-electron chi connectivity index (χ0n) is 13.0. The van der Waals surface area contributed by atoms with Gasteiger partial charge in [-0.2, -0.15) is 5.10 Å². The molecule has 0 saturated heterocycles. The van der Waals surface area contributed by atoms with Crippen molar-refractivity contribution in [1.82, 2.24) is 15.1 Å². The van der Waals surface area contributed by atoms with Crippen LogP contribution in [0.25, 0.3) is 0 Å². The molecule has 0 atom stereocenters. The van der Waals surface area contributed by atoms with E-state index in [0.717, 1.165) is 35.8 Å².